The molecule has 0 spiro atoms. The summed E-state index contributed by atoms with van der Waals surface area (Å²) in [5, 5.41) is 2.62. The molecule has 1 amide bonds. The summed E-state index contributed by atoms with van der Waals surface area (Å²) in [4.78, 5) is 19.6. The Hall–Kier alpha value is -2.43. The van der Waals surface area contributed by atoms with Gasteiger partial charge in [0.1, 0.15) is 0 Å². The number of imidazole rings is 1. The van der Waals surface area contributed by atoms with E-state index in [0.29, 0.717) is 0 Å². The molecule has 0 saturated heterocycles. The first-order valence-corrected chi connectivity index (χ1v) is 5.27. The monoisotopic (exact) mass is 226 g/mol. The summed E-state index contributed by atoms with van der Waals surface area (Å²) in [6.07, 6.45) is 14.1. The molecule has 2 aromatic heterocycles. The van der Waals surface area contributed by atoms with Crippen molar-refractivity contribution in [1.29, 1.82) is 0 Å². The molecule has 0 saturated carbocycles. The van der Waals surface area contributed by atoms with Gasteiger partial charge in [0.05, 0.1) is 11.9 Å². The van der Waals surface area contributed by atoms with Gasteiger partial charge in [-0.05, 0) is 0 Å². The number of nitrogens with one attached hydrogen (secondary N) is 1. The van der Waals surface area contributed by atoms with E-state index in [1.165, 1.54) is 6.08 Å². The van der Waals surface area contributed by atoms with E-state index in [2.05, 4.69) is 15.3 Å². The molecule has 1 atom stereocenters. The second kappa shape index (κ2) is 3.86. The van der Waals surface area contributed by atoms with Gasteiger partial charge in [-0.25, -0.2) is 4.98 Å². The Labute approximate surface area is 97.5 Å². The number of carbonyl (C=O) groups excluding carboxylic acids is 1. The van der Waals surface area contributed by atoms with Gasteiger partial charge in [-0.1, -0.05) is 12.2 Å². The number of hydrogen-bond acceptors (Lipinski definition) is 3. The molecule has 84 valence electrons. The van der Waals surface area contributed by atoms with Crippen LogP contribution in [0.2, 0.25) is 0 Å². The van der Waals surface area contributed by atoms with Crippen molar-refractivity contribution in [3.63, 3.8) is 0 Å². The Morgan fingerprint density at radius 3 is 3.18 bits per heavy atom. The van der Waals surface area contributed by atoms with Gasteiger partial charge in [-0.3, -0.25) is 9.78 Å². The van der Waals surface area contributed by atoms with Gasteiger partial charge in [0.15, 0.2) is 5.65 Å². The molecule has 0 radical (unpaired) electrons. The molecule has 1 unspecified atom stereocenters. The predicted molar refractivity (Wildman–Crippen MR) is 62.2 cm³/mol. The van der Waals surface area contributed by atoms with Crippen molar-refractivity contribution >= 4 is 11.6 Å². The zero-order valence-corrected chi connectivity index (χ0v) is 8.95. The molecule has 17 heavy (non-hydrogen) atoms. The van der Waals surface area contributed by atoms with Crippen LogP contribution in [0.25, 0.3) is 5.65 Å². The van der Waals surface area contributed by atoms with Crippen molar-refractivity contribution in [3.05, 3.63) is 54.9 Å². The molecule has 1 aliphatic rings. The van der Waals surface area contributed by atoms with Crippen LogP contribution in [0.4, 0.5) is 0 Å². The summed E-state index contributed by atoms with van der Waals surface area (Å²) in [5.41, 5.74) is 1.69. The lowest BCUT2D eigenvalue weighted by Crippen LogP contribution is -2.11. The summed E-state index contributed by atoms with van der Waals surface area (Å²) >= 11 is 0. The minimum Gasteiger partial charge on any atom is -0.329 e. The number of carbonyl (C=O) groups is 1. The summed E-state index contributed by atoms with van der Waals surface area (Å²) in [6.45, 7) is 0. The van der Waals surface area contributed by atoms with E-state index in [0.717, 1.165) is 11.3 Å². The fraction of sp³-hybridized carbons (Fsp3) is 0.0833. The van der Waals surface area contributed by atoms with Crippen molar-refractivity contribution in [1.82, 2.24) is 19.7 Å². The predicted octanol–water partition coefficient (Wildman–Crippen LogP) is 1.01. The highest BCUT2D eigenvalue weighted by Gasteiger charge is 2.11. The van der Waals surface area contributed by atoms with Gasteiger partial charge in [-0.15, -0.1) is 0 Å². The van der Waals surface area contributed by atoms with Crippen LogP contribution < -0.4 is 5.32 Å². The fourth-order valence-electron chi connectivity index (χ4n) is 1.76. The highest BCUT2D eigenvalue weighted by atomic mass is 16.1. The van der Waals surface area contributed by atoms with Crippen LogP contribution in [-0.4, -0.2) is 20.3 Å². The van der Waals surface area contributed by atoms with Crippen molar-refractivity contribution in [2.45, 2.75) is 5.92 Å². The molecule has 0 fully saturated rings. The molecule has 2 aromatic rings. The van der Waals surface area contributed by atoms with E-state index in [1.54, 1.807) is 18.6 Å². The highest BCUT2D eigenvalue weighted by Crippen LogP contribution is 2.19. The van der Waals surface area contributed by atoms with Crippen molar-refractivity contribution in [2.75, 3.05) is 0 Å². The van der Waals surface area contributed by atoms with Gasteiger partial charge in [0, 0.05) is 36.8 Å². The zero-order valence-electron chi connectivity index (χ0n) is 8.95. The Morgan fingerprint density at radius 1 is 1.35 bits per heavy atom. The van der Waals surface area contributed by atoms with Crippen LogP contribution in [0.15, 0.2) is 49.2 Å². The molecule has 3 heterocycles. The normalized spacial score (nSPS) is 19.3. The lowest BCUT2D eigenvalue weighted by molar-refractivity contribution is -0.115. The van der Waals surface area contributed by atoms with E-state index in [4.69, 9.17) is 0 Å². The first-order valence-electron chi connectivity index (χ1n) is 5.27. The maximum Gasteiger partial charge on any atom is 0.247 e. The second-order valence-corrected chi connectivity index (χ2v) is 3.76. The van der Waals surface area contributed by atoms with Gasteiger partial charge in [0.2, 0.25) is 5.91 Å². The summed E-state index contributed by atoms with van der Waals surface area (Å²) in [5.74, 6) is -0.108. The molecule has 5 nitrogen and oxygen atoms in total. The van der Waals surface area contributed by atoms with Crippen LogP contribution in [0.1, 0.15) is 11.6 Å². The van der Waals surface area contributed by atoms with Crippen LogP contribution in [0.5, 0.6) is 0 Å². The first-order chi connectivity index (χ1) is 8.33. The average Bonchev–Trinajstić information content (AvgIpc) is 2.65. The van der Waals surface area contributed by atoms with Crippen LogP contribution in [0, 0.1) is 0 Å². The summed E-state index contributed by atoms with van der Waals surface area (Å²) < 4.78 is 1.91. The third-order valence-electron chi connectivity index (χ3n) is 2.61. The lowest BCUT2D eigenvalue weighted by Gasteiger charge is -2.00. The highest BCUT2D eigenvalue weighted by molar-refractivity contribution is 5.88. The molecule has 0 bridgehead atoms. The third kappa shape index (κ3) is 1.82. The van der Waals surface area contributed by atoms with Crippen molar-refractivity contribution < 1.29 is 4.79 Å². The molecule has 1 N–H and O–H groups in total. The molecular formula is C12H10N4O. The molecular weight excluding hydrogens is 216 g/mol. The molecule has 1 aliphatic heterocycles. The van der Waals surface area contributed by atoms with Crippen molar-refractivity contribution in [2.24, 2.45) is 0 Å². The molecule has 5 heteroatoms. The Morgan fingerprint density at radius 2 is 2.29 bits per heavy atom. The SMILES string of the molecule is O=C1C=CC(c2cn3ccncc3n2)C=CN1. The molecule has 0 aromatic carbocycles. The maximum absolute atomic E-state index is 11.1. The number of nitrogens with zero attached hydrogens (tertiary/aromatic N) is 3. The van der Waals surface area contributed by atoms with Gasteiger partial charge in [0.25, 0.3) is 0 Å². The Kier molecular flexibility index (Phi) is 2.22. The number of rotatable bonds is 1. The van der Waals surface area contributed by atoms with E-state index < -0.39 is 0 Å². The summed E-state index contributed by atoms with van der Waals surface area (Å²) in [7, 11) is 0. The Balaban J connectivity index is 2.03. The quantitative estimate of drug-likeness (QED) is 0.789. The second-order valence-electron chi connectivity index (χ2n) is 3.76. The van der Waals surface area contributed by atoms with Gasteiger partial charge in [-0.2, -0.15) is 0 Å². The zero-order chi connectivity index (χ0) is 11.7. The van der Waals surface area contributed by atoms with E-state index in [-0.39, 0.29) is 11.8 Å². The Bertz CT molecular complexity index is 593. The van der Waals surface area contributed by atoms with Crippen molar-refractivity contribution in [3.8, 4) is 0 Å². The minimum absolute atomic E-state index is 0.00819. The lowest BCUT2D eigenvalue weighted by atomic mass is 10.1. The minimum atomic E-state index is -0.116. The van der Waals surface area contributed by atoms with E-state index in [9.17, 15) is 4.79 Å². The maximum atomic E-state index is 11.1. The van der Waals surface area contributed by atoms with Gasteiger partial charge >= 0.3 is 0 Å². The average molecular weight is 226 g/mol. The number of aromatic nitrogens is 3. The fourth-order valence-corrected chi connectivity index (χ4v) is 1.76. The largest absolute Gasteiger partial charge is 0.329 e. The standard InChI is InChI=1S/C12H10N4O/c17-12-2-1-9(3-4-14-12)10-8-16-6-5-13-7-11(16)15-10/h1-9H,(H,14,17). The molecule has 3 rings (SSSR count). The number of allylic oxidation sites excluding steroid dienone is 2. The van der Waals surface area contributed by atoms with Crippen LogP contribution in [-0.2, 0) is 4.79 Å². The van der Waals surface area contributed by atoms with Crippen LogP contribution in [0.3, 0.4) is 0 Å². The van der Waals surface area contributed by atoms with E-state index >= 15 is 0 Å². The first kappa shape index (κ1) is 9.77. The molecule has 0 aliphatic carbocycles. The van der Waals surface area contributed by atoms with Gasteiger partial charge < -0.3 is 9.72 Å². The third-order valence-corrected chi connectivity index (χ3v) is 2.61. The summed E-state index contributed by atoms with van der Waals surface area (Å²) in [6, 6.07) is 0. The van der Waals surface area contributed by atoms with E-state index in [1.807, 2.05) is 28.9 Å². The number of amides is 1. The number of fused-ring (bicyclic) bond motifs is 1. The topological polar surface area (TPSA) is 59.3 Å². The van der Waals surface area contributed by atoms with Crippen LogP contribution >= 0.6 is 0 Å². The number of hydrogen-bond donors (Lipinski definition) is 1. The smallest absolute Gasteiger partial charge is 0.247 e.